The first kappa shape index (κ1) is 17.1. The smallest absolute Gasteiger partial charge is 0.333 e. The van der Waals surface area contributed by atoms with Crippen LogP contribution in [-0.4, -0.2) is 9.13 Å². The van der Waals surface area contributed by atoms with E-state index in [9.17, 15) is 14.9 Å². The zero-order chi connectivity index (χ0) is 18.5. The minimum atomic E-state index is -0.898. The third-order valence-corrected chi connectivity index (χ3v) is 4.94. The van der Waals surface area contributed by atoms with Crippen LogP contribution in [0.5, 0.6) is 5.88 Å². The number of fused-ring (bicyclic) bond motifs is 1. The second-order valence-corrected chi connectivity index (χ2v) is 6.28. The maximum absolute atomic E-state index is 12.8. The molecule has 0 radical (unpaired) electrons. The van der Waals surface area contributed by atoms with Crippen molar-refractivity contribution in [1.29, 1.82) is 5.26 Å². The highest BCUT2D eigenvalue weighted by Gasteiger charge is 2.37. The summed E-state index contributed by atoms with van der Waals surface area (Å²) in [5.74, 6) is -1.12. The van der Waals surface area contributed by atoms with E-state index in [4.69, 9.17) is 33.7 Å². The molecule has 1 aliphatic heterocycles. The molecule has 0 amide bonds. The molecular weight excluding hydrogens is 367 g/mol. The summed E-state index contributed by atoms with van der Waals surface area (Å²) in [6.07, 6.45) is 0. The zero-order valence-electron chi connectivity index (χ0n) is 13.2. The summed E-state index contributed by atoms with van der Waals surface area (Å²) in [5.41, 5.74) is 5.23. The van der Waals surface area contributed by atoms with Gasteiger partial charge < -0.3 is 10.5 Å². The number of allylic oxidation sites excluding steroid dienone is 1. The van der Waals surface area contributed by atoms with Crippen LogP contribution in [0.25, 0.3) is 0 Å². The van der Waals surface area contributed by atoms with Crippen LogP contribution < -0.4 is 21.7 Å². The first-order valence-electron chi connectivity index (χ1n) is 7.11. The van der Waals surface area contributed by atoms with Gasteiger partial charge >= 0.3 is 5.69 Å². The minimum Gasteiger partial charge on any atom is -0.423 e. The fraction of sp³-hybridized carbons (Fsp3) is 0.188. The lowest BCUT2D eigenvalue weighted by molar-refractivity contribution is 0.348. The molecule has 0 unspecified atom stereocenters. The van der Waals surface area contributed by atoms with Gasteiger partial charge in [-0.3, -0.25) is 13.9 Å². The van der Waals surface area contributed by atoms with E-state index in [1.165, 1.54) is 14.1 Å². The van der Waals surface area contributed by atoms with Gasteiger partial charge in [0.05, 0.1) is 21.5 Å². The van der Waals surface area contributed by atoms with Gasteiger partial charge in [-0.25, -0.2) is 4.79 Å². The molecule has 128 valence electrons. The molecule has 3 rings (SSSR count). The topological polar surface area (TPSA) is 103 Å². The number of rotatable bonds is 1. The minimum absolute atomic E-state index is 0.0208. The van der Waals surface area contributed by atoms with E-state index in [-0.39, 0.29) is 32.9 Å². The van der Waals surface area contributed by atoms with Gasteiger partial charge in [0, 0.05) is 14.1 Å². The molecule has 25 heavy (non-hydrogen) atoms. The summed E-state index contributed by atoms with van der Waals surface area (Å²) < 4.78 is 7.50. The van der Waals surface area contributed by atoms with Crippen LogP contribution in [0.3, 0.4) is 0 Å². The molecule has 9 heteroatoms. The first-order chi connectivity index (χ1) is 11.8. The van der Waals surface area contributed by atoms with E-state index in [0.29, 0.717) is 5.56 Å². The van der Waals surface area contributed by atoms with Gasteiger partial charge in [0.2, 0.25) is 11.8 Å². The van der Waals surface area contributed by atoms with Gasteiger partial charge in [0.15, 0.2) is 0 Å². The lowest BCUT2D eigenvalue weighted by atomic mass is 9.85. The molecule has 0 bridgehead atoms. The van der Waals surface area contributed by atoms with E-state index in [0.717, 1.165) is 9.13 Å². The van der Waals surface area contributed by atoms with E-state index in [1.54, 1.807) is 18.2 Å². The van der Waals surface area contributed by atoms with Crippen molar-refractivity contribution in [2.24, 2.45) is 19.8 Å². The van der Waals surface area contributed by atoms with Crippen LogP contribution in [-0.2, 0) is 14.1 Å². The van der Waals surface area contributed by atoms with Crippen molar-refractivity contribution in [2.75, 3.05) is 0 Å². The number of nitrogens with zero attached hydrogens (tertiary/aromatic N) is 3. The molecule has 1 aromatic carbocycles. The standard InChI is InChI=1S/C16H12Cl2N4O3/c1-21-14(23)11-10(7-4-3-5-9(17)12(7)18)8(6-19)13(20)25-15(11)22(2)16(21)24/h3-5,10H,20H2,1-2H3/t10-/m0/s1. The molecule has 7 nitrogen and oxygen atoms in total. The lowest BCUT2D eigenvalue weighted by Crippen LogP contribution is -2.42. The molecule has 2 N–H and O–H groups in total. The summed E-state index contributed by atoms with van der Waals surface area (Å²) in [5, 5.41) is 10.0. The average Bonchev–Trinajstić information content (AvgIpc) is 2.59. The Morgan fingerprint density at radius 1 is 1.24 bits per heavy atom. The summed E-state index contributed by atoms with van der Waals surface area (Å²) in [6, 6.07) is 6.84. The Kier molecular flexibility index (Phi) is 4.11. The fourth-order valence-corrected chi connectivity index (χ4v) is 3.26. The lowest BCUT2D eigenvalue weighted by Gasteiger charge is -2.27. The predicted octanol–water partition coefficient (Wildman–Crippen LogP) is 1.61. The second-order valence-electron chi connectivity index (χ2n) is 5.49. The van der Waals surface area contributed by atoms with Crippen molar-refractivity contribution < 1.29 is 4.74 Å². The van der Waals surface area contributed by atoms with E-state index < -0.39 is 17.2 Å². The molecule has 0 saturated heterocycles. The highest BCUT2D eigenvalue weighted by atomic mass is 35.5. The van der Waals surface area contributed by atoms with Crippen molar-refractivity contribution in [3.05, 3.63) is 71.7 Å². The molecule has 1 aromatic heterocycles. The van der Waals surface area contributed by atoms with Gasteiger partial charge in [-0.2, -0.15) is 5.26 Å². The summed E-state index contributed by atoms with van der Waals surface area (Å²) in [6.45, 7) is 0. The quantitative estimate of drug-likeness (QED) is 0.811. The molecule has 0 aliphatic carbocycles. The van der Waals surface area contributed by atoms with Crippen molar-refractivity contribution in [3.8, 4) is 11.9 Å². The van der Waals surface area contributed by atoms with Crippen molar-refractivity contribution in [2.45, 2.75) is 5.92 Å². The monoisotopic (exact) mass is 378 g/mol. The SMILES string of the molecule is Cn1c2c(c(=O)n(C)c1=O)[C@@H](c1cccc(Cl)c1Cl)C(C#N)=C(N)O2. The maximum atomic E-state index is 12.8. The van der Waals surface area contributed by atoms with Crippen LogP contribution in [0.15, 0.2) is 39.2 Å². The van der Waals surface area contributed by atoms with Crippen LogP contribution in [0.4, 0.5) is 0 Å². The highest BCUT2D eigenvalue weighted by molar-refractivity contribution is 6.42. The number of ether oxygens (including phenoxy) is 1. The predicted molar refractivity (Wildman–Crippen MR) is 92.7 cm³/mol. The average molecular weight is 379 g/mol. The normalized spacial score (nSPS) is 16.2. The van der Waals surface area contributed by atoms with Crippen LogP contribution in [0, 0.1) is 11.3 Å². The number of hydrogen-bond acceptors (Lipinski definition) is 5. The Morgan fingerprint density at radius 3 is 2.56 bits per heavy atom. The fourth-order valence-electron chi connectivity index (χ4n) is 2.84. The van der Waals surface area contributed by atoms with Gasteiger partial charge in [-0.15, -0.1) is 0 Å². The number of aromatic nitrogens is 2. The zero-order valence-corrected chi connectivity index (χ0v) is 14.7. The van der Waals surface area contributed by atoms with Gasteiger partial charge in [0.1, 0.15) is 11.6 Å². The molecule has 1 atom stereocenters. The Morgan fingerprint density at radius 2 is 1.92 bits per heavy atom. The van der Waals surface area contributed by atoms with Gasteiger partial charge in [0.25, 0.3) is 5.56 Å². The Hall–Kier alpha value is -2.69. The molecule has 2 heterocycles. The largest absolute Gasteiger partial charge is 0.423 e. The number of benzene rings is 1. The van der Waals surface area contributed by atoms with E-state index in [1.807, 2.05) is 6.07 Å². The van der Waals surface area contributed by atoms with Crippen molar-refractivity contribution in [1.82, 2.24) is 9.13 Å². The summed E-state index contributed by atoms with van der Waals surface area (Å²) >= 11 is 12.4. The Bertz CT molecular complexity index is 1090. The molecule has 0 saturated carbocycles. The van der Waals surface area contributed by atoms with Crippen LogP contribution in [0.2, 0.25) is 10.0 Å². The Balaban J connectivity index is 2.48. The highest BCUT2D eigenvalue weighted by Crippen LogP contribution is 2.43. The number of nitriles is 1. The Labute approximate surface area is 152 Å². The maximum Gasteiger partial charge on any atom is 0.333 e. The molecule has 2 aromatic rings. The van der Waals surface area contributed by atoms with Crippen LogP contribution in [0.1, 0.15) is 17.0 Å². The first-order valence-corrected chi connectivity index (χ1v) is 7.86. The molecule has 0 spiro atoms. The third kappa shape index (κ3) is 2.42. The summed E-state index contributed by atoms with van der Waals surface area (Å²) in [7, 11) is 2.79. The number of hydrogen-bond donors (Lipinski definition) is 1. The summed E-state index contributed by atoms with van der Waals surface area (Å²) in [4.78, 5) is 24.9. The van der Waals surface area contributed by atoms with Crippen molar-refractivity contribution in [3.63, 3.8) is 0 Å². The number of halogens is 2. The molecule has 0 fully saturated rings. The van der Waals surface area contributed by atoms with Crippen LogP contribution >= 0.6 is 23.2 Å². The van der Waals surface area contributed by atoms with E-state index in [2.05, 4.69) is 0 Å². The molecule has 1 aliphatic rings. The second kappa shape index (κ2) is 5.99. The van der Waals surface area contributed by atoms with E-state index >= 15 is 0 Å². The third-order valence-electron chi connectivity index (χ3n) is 4.11. The number of nitrogens with two attached hydrogens (primary N) is 1. The van der Waals surface area contributed by atoms with Gasteiger partial charge in [-0.05, 0) is 11.6 Å². The van der Waals surface area contributed by atoms with Gasteiger partial charge in [-0.1, -0.05) is 35.3 Å². The van der Waals surface area contributed by atoms with Crippen molar-refractivity contribution >= 4 is 23.2 Å². The molecular formula is C16H12Cl2N4O3.